The second-order valence-corrected chi connectivity index (χ2v) is 1.62. The van der Waals surface area contributed by atoms with Crippen LogP contribution in [0.1, 0.15) is 6.92 Å². The maximum atomic E-state index is 8.25. The van der Waals surface area contributed by atoms with Gasteiger partial charge in [-0.25, -0.2) is 0 Å². The van der Waals surface area contributed by atoms with Gasteiger partial charge in [-0.05, 0) is 6.92 Å². The van der Waals surface area contributed by atoms with Gasteiger partial charge in [-0.3, -0.25) is 0 Å². The van der Waals surface area contributed by atoms with Crippen LogP contribution in [0.25, 0.3) is 0 Å². The Morgan fingerprint density at radius 2 is 1.64 bits per heavy atom. The summed E-state index contributed by atoms with van der Waals surface area (Å²) in [5.41, 5.74) is 4.69. The van der Waals surface area contributed by atoms with E-state index in [0.717, 1.165) is 0 Å². The number of nitrogens with two attached hydrogens (primary N) is 1. The van der Waals surface area contributed by atoms with Crippen molar-refractivity contribution >= 4 is 17.3 Å². The first-order valence-electron chi connectivity index (χ1n) is 2.56. The molecule has 0 bridgehead atoms. The van der Waals surface area contributed by atoms with Gasteiger partial charge >= 0.3 is 0 Å². The van der Waals surface area contributed by atoms with E-state index in [-0.39, 0.29) is 11.4 Å². The standard InChI is InChI=1S/C4H8N4O3/c1-2(6-9)3(7-10)4(5)8-11/h9-11H,1H3,(H2,5,8)/b6-2-,7-3-. The highest BCUT2D eigenvalue weighted by Gasteiger charge is 2.10. The molecule has 0 aromatic heterocycles. The van der Waals surface area contributed by atoms with E-state index in [1.807, 2.05) is 0 Å². The number of amidine groups is 1. The third kappa shape index (κ3) is 2.12. The average Bonchev–Trinajstić information content (AvgIpc) is 2.05. The first-order valence-corrected chi connectivity index (χ1v) is 2.56. The van der Waals surface area contributed by atoms with Gasteiger partial charge in [-0.15, -0.1) is 0 Å². The Bertz CT molecular complexity index is 199. The van der Waals surface area contributed by atoms with Crippen molar-refractivity contribution in [3.8, 4) is 0 Å². The van der Waals surface area contributed by atoms with Gasteiger partial charge in [0.2, 0.25) is 0 Å². The second kappa shape index (κ2) is 4.09. The third-order valence-electron chi connectivity index (χ3n) is 0.943. The van der Waals surface area contributed by atoms with Crippen molar-refractivity contribution in [2.24, 2.45) is 21.2 Å². The summed E-state index contributed by atoms with van der Waals surface area (Å²) in [6, 6.07) is 0. The van der Waals surface area contributed by atoms with Gasteiger partial charge in [0.25, 0.3) is 0 Å². The summed E-state index contributed by atoms with van der Waals surface area (Å²) >= 11 is 0. The highest BCUT2D eigenvalue weighted by atomic mass is 16.4. The van der Waals surface area contributed by atoms with Crippen LogP contribution in [-0.2, 0) is 0 Å². The molecule has 0 aliphatic carbocycles. The molecule has 0 spiro atoms. The number of rotatable bonds is 2. The minimum absolute atomic E-state index is 0.0530. The molecular weight excluding hydrogens is 152 g/mol. The highest BCUT2D eigenvalue weighted by molar-refractivity contribution is 6.67. The molecule has 0 unspecified atom stereocenters. The molecule has 7 nitrogen and oxygen atoms in total. The van der Waals surface area contributed by atoms with Crippen LogP contribution in [0, 0.1) is 0 Å². The molecule has 0 aliphatic heterocycles. The van der Waals surface area contributed by atoms with Gasteiger partial charge in [0, 0.05) is 0 Å². The fourth-order valence-corrected chi connectivity index (χ4v) is 0.404. The Hall–Kier alpha value is -1.79. The molecule has 0 saturated heterocycles. The number of hydrogen-bond donors (Lipinski definition) is 4. The van der Waals surface area contributed by atoms with Crippen LogP contribution in [0.3, 0.4) is 0 Å². The number of nitrogens with zero attached hydrogens (tertiary/aromatic N) is 3. The molecule has 5 N–H and O–H groups in total. The molecule has 0 fully saturated rings. The predicted molar refractivity (Wildman–Crippen MR) is 37.5 cm³/mol. The Balaban J connectivity index is 4.72. The lowest BCUT2D eigenvalue weighted by Crippen LogP contribution is -2.29. The quantitative estimate of drug-likeness (QED) is 0.186. The Morgan fingerprint density at radius 3 is 1.91 bits per heavy atom. The van der Waals surface area contributed by atoms with E-state index >= 15 is 0 Å². The average molecular weight is 160 g/mol. The maximum absolute atomic E-state index is 8.25. The summed E-state index contributed by atoms with van der Waals surface area (Å²) in [6.07, 6.45) is 0. The molecule has 0 aromatic rings. The molecule has 0 atom stereocenters. The molecule has 0 rings (SSSR count). The summed E-state index contributed by atoms with van der Waals surface area (Å²) in [5, 5.41) is 32.4. The lowest BCUT2D eigenvalue weighted by molar-refractivity contribution is 0.311. The van der Waals surface area contributed by atoms with Crippen LogP contribution in [-0.4, -0.2) is 32.9 Å². The Labute approximate surface area is 62.1 Å². The molecule has 0 heterocycles. The largest absolute Gasteiger partial charge is 0.411 e. The van der Waals surface area contributed by atoms with Crippen LogP contribution in [0.15, 0.2) is 15.5 Å². The fourth-order valence-electron chi connectivity index (χ4n) is 0.404. The first-order chi connectivity index (χ1) is 5.17. The maximum Gasteiger partial charge on any atom is 0.194 e. The normalized spacial score (nSPS) is 15.2. The number of hydrogen-bond acceptors (Lipinski definition) is 6. The van der Waals surface area contributed by atoms with Gasteiger partial charge < -0.3 is 21.4 Å². The molecule has 0 saturated carbocycles. The summed E-state index contributed by atoms with van der Waals surface area (Å²) < 4.78 is 0. The second-order valence-electron chi connectivity index (χ2n) is 1.62. The summed E-state index contributed by atoms with van der Waals surface area (Å²) in [5.74, 6) is -0.428. The van der Waals surface area contributed by atoms with Gasteiger partial charge in [-0.1, -0.05) is 15.5 Å². The van der Waals surface area contributed by atoms with Crippen LogP contribution in [0.4, 0.5) is 0 Å². The van der Waals surface area contributed by atoms with Gasteiger partial charge in [-0.2, -0.15) is 0 Å². The minimum Gasteiger partial charge on any atom is -0.411 e. The lowest BCUT2D eigenvalue weighted by atomic mass is 10.2. The fraction of sp³-hybridized carbons (Fsp3) is 0.250. The van der Waals surface area contributed by atoms with Crippen molar-refractivity contribution in [1.29, 1.82) is 0 Å². The van der Waals surface area contributed by atoms with Gasteiger partial charge in [0.15, 0.2) is 11.5 Å². The SMILES string of the molecule is CC(=N/O)/C(=N/O)C(/N)=N/O. The smallest absolute Gasteiger partial charge is 0.194 e. The Morgan fingerprint density at radius 1 is 1.09 bits per heavy atom. The van der Waals surface area contributed by atoms with Crippen LogP contribution in [0.2, 0.25) is 0 Å². The van der Waals surface area contributed by atoms with E-state index in [0.29, 0.717) is 0 Å². The minimum atomic E-state index is -0.428. The van der Waals surface area contributed by atoms with E-state index in [9.17, 15) is 0 Å². The van der Waals surface area contributed by atoms with E-state index in [4.69, 9.17) is 21.4 Å². The van der Waals surface area contributed by atoms with E-state index < -0.39 is 5.84 Å². The molecule has 62 valence electrons. The molecule has 0 aromatic carbocycles. The summed E-state index contributed by atoms with van der Waals surface area (Å²) in [4.78, 5) is 0. The van der Waals surface area contributed by atoms with Crippen LogP contribution in [0.5, 0.6) is 0 Å². The van der Waals surface area contributed by atoms with E-state index in [1.54, 1.807) is 0 Å². The van der Waals surface area contributed by atoms with E-state index in [1.165, 1.54) is 6.92 Å². The Kier molecular flexibility index (Phi) is 3.43. The molecule has 0 radical (unpaired) electrons. The molecule has 0 aliphatic rings. The van der Waals surface area contributed by atoms with Crippen LogP contribution < -0.4 is 5.73 Å². The predicted octanol–water partition coefficient (Wildman–Crippen LogP) is -0.587. The summed E-state index contributed by atoms with van der Waals surface area (Å²) in [7, 11) is 0. The van der Waals surface area contributed by atoms with Crippen molar-refractivity contribution in [3.05, 3.63) is 0 Å². The lowest BCUT2D eigenvalue weighted by Gasteiger charge is -1.97. The van der Waals surface area contributed by atoms with Gasteiger partial charge in [0.05, 0.1) is 0 Å². The zero-order valence-electron chi connectivity index (χ0n) is 5.76. The molecular formula is C4H8N4O3. The first kappa shape index (κ1) is 9.21. The van der Waals surface area contributed by atoms with Gasteiger partial charge in [0.1, 0.15) is 5.71 Å². The van der Waals surface area contributed by atoms with Crippen molar-refractivity contribution < 1.29 is 15.6 Å². The molecule has 7 heteroatoms. The van der Waals surface area contributed by atoms with Crippen LogP contribution >= 0.6 is 0 Å². The molecule has 11 heavy (non-hydrogen) atoms. The zero-order chi connectivity index (χ0) is 8.85. The van der Waals surface area contributed by atoms with Crippen molar-refractivity contribution in [1.82, 2.24) is 0 Å². The van der Waals surface area contributed by atoms with Crippen molar-refractivity contribution in [3.63, 3.8) is 0 Å². The van der Waals surface area contributed by atoms with Crippen molar-refractivity contribution in [2.45, 2.75) is 6.92 Å². The zero-order valence-corrected chi connectivity index (χ0v) is 5.76. The monoisotopic (exact) mass is 160 g/mol. The third-order valence-corrected chi connectivity index (χ3v) is 0.943. The summed E-state index contributed by atoms with van der Waals surface area (Å²) in [6.45, 7) is 1.33. The van der Waals surface area contributed by atoms with Crippen molar-refractivity contribution in [2.75, 3.05) is 0 Å². The van der Waals surface area contributed by atoms with E-state index in [2.05, 4.69) is 15.5 Å². The highest BCUT2D eigenvalue weighted by Crippen LogP contribution is 1.83. The topological polar surface area (TPSA) is 124 Å². The number of oxime groups is 3. The molecule has 0 amide bonds.